The maximum absolute atomic E-state index is 13.9. The summed E-state index contributed by atoms with van der Waals surface area (Å²) in [4.78, 5) is 0. The highest BCUT2D eigenvalue weighted by Crippen LogP contribution is 2.31. The van der Waals surface area contributed by atoms with Crippen LogP contribution in [0.3, 0.4) is 0 Å². The first-order valence-corrected chi connectivity index (χ1v) is 4.42. The van der Waals surface area contributed by atoms with Crippen molar-refractivity contribution >= 4 is 0 Å². The van der Waals surface area contributed by atoms with Gasteiger partial charge >= 0.3 is 0 Å². The van der Waals surface area contributed by atoms with E-state index in [0.717, 1.165) is 32.5 Å². The van der Waals surface area contributed by atoms with Crippen LogP contribution in [0.4, 0.5) is 4.39 Å². The third-order valence-electron chi connectivity index (χ3n) is 2.88. The quantitative estimate of drug-likeness (QED) is 0.573. The molecule has 2 rings (SSSR count). The Labute approximate surface area is 66.5 Å². The van der Waals surface area contributed by atoms with Gasteiger partial charge in [0, 0.05) is 25.6 Å². The molecule has 2 heterocycles. The molecule has 0 saturated carbocycles. The van der Waals surface area contributed by atoms with Crippen LogP contribution in [0.15, 0.2) is 0 Å². The van der Waals surface area contributed by atoms with Crippen molar-refractivity contribution in [2.75, 3.05) is 26.2 Å². The van der Waals surface area contributed by atoms with E-state index in [-0.39, 0.29) is 5.92 Å². The van der Waals surface area contributed by atoms with Crippen LogP contribution in [-0.2, 0) is 0 Å². The topological polar surface area (TPSA) is 24.1 Å². The molecule has 64 valence electrons. The lowest BCUT2D eigenvalue weighted by molar-refractivity contribution is 0.0241. The Morgan fingerprint density at radius 1 is 1.27 bits per heavy atom. The fourth-order valence-corrected chi connectivity index (χ4v) is 1.89. The van der Waals surface area contributed by atoms with Crippen LogP contribution in [0.1, 0.15) is 12.8 Å². The Morgan fingerprint density at radius 2 is 2.09 bits per heavy atom. The highest BCUT2D eigenvalue weighted by molar-refractivity contribution is 4.97. The average Bonchev–Trinajstić information content (AvgIpc) is 1.83. The minimum absolute atomic E-state index is 0.273. The van der Waals surface area contributed by atoms with Crippen LogP contribution in [0.5, 0.6) is 0 Å². The zero-order valence-corrected chi connectivity index (χ0v) is 6.70. The van der Waals surface area contributed by atoms with Gasteiger partial charge in [0.2, 0.25) is 0 Å². The second kappa shape index (κ2) is 2.72. The van der Waals surface area contributed by atoms with Gasteiger partial charge in [0.1, 0.15) is 5.67 Å². The van der Waals surface area contributed by atoms with E-state index < -0.39 is 5.67 Å². The summed E-state index contributed by atoms with van der Waals surface area (Å²) in [7, 11) is 0. The van der Waals surface area contributed by atoms with E-state index in [1.54, 1.807) is 0 Å². The molecule has 0 spiro atoms. The van der Waals surface area contributed by atoms with E-state index >= 15 is 0 Å². The lowest BCUT2D eigenvalue weighted by atomic mass is 9.80. The summed E-state index contributed by atoms with van der Waals surface area (Å²) in [6.45, 7) is 3.31. The van der Waals surface area contributed by atoms with Crippen LogP contribution in [0, 0.1) is 5.92 Å². The van der Waals surface area contributed by atoms with Crippen molar-refractivity contribution in [2.45, 2.75) is 18.5 Å². The van der Waals surface area contributed by atoms with Crippen molar-refractivity contribution in [3.63, 3.8) is 0 Å². The van der Waals surface area contributed by atoms with Gasteiger partial charge in [-0.1, -0.05) is 0 Å². The van der Waals surface area contributed by atoms with Gasteiger partial charge in [-0.25, -0.2) is 4.39 Å². The Bertz CT molecular complexity index is 139. The van der Waals surface area contributed by atoms with Crippen molar-refractivity contribution < 1.29 is 4.39 Å². The number of piperidine rings is 1. The van der Waals surface area contributed by atoms with E-state index in [1.165, 1.54) is 0 Å². The molecule has 2 aliphatic rings. The second-order valence-electron chi connectivity index (χ2n) is 3.67. The normalized spacial score (nSPS) is 40.1. The third kappa shape index (κ3) is 1.27. The molecule has 2 fully saturated rings. The number of rotatable bonds is 1. The summed E-state index contributed by atoms with van der Waals surface area (Å²) < 4.78 is 13.9. The number of halogens is 1. The molecule has 0 radical (unpaired) electrons. The molecule has 1 atom stereocenters. The molecule has 0 bridgehead atoms. The van der Waals surface area contributed by atoms with Gasteiger partial charge in [-0.15, -0.1) is 0 Å². The number of alkyl halides is 1. The van der Waals surface area contributed by atoms with Gasteiger partial charge in [-0.05, 0) is 19.4 Å². The SMILES string of the molecule is FC1(C2CNC2)CCCNC1. The maximum Gasteiger partial charge on any atom is 0.128 e. The molecular weight excluding hydrogens is 143 g/mol. The van der Waals surface area contributed by atoms with Crippen LogP contribution < -0.4 is 10.6 Å². The Kier molecular flexibility index (Phi) is 1.85. The first-order valence-electron chi connectivity index (χ1n) is 4.42. The van der Waals surface area contributed by atoms with Crippen LogP contribution in [0.25, 0.3) is 0 Å². The molecule has 2 saturated heterocycles. The van der Waals surface area contributed by atoms with Gasteiger partial charge in [0.25, 0.3) is 0 Å². The summed E-state index contributed by atoms with van der Waals surface area (Å²) in [6.07, 6.45) is 1.75. The van der Waals surface area contributed by atoms with E-state index in [2.05, 4.69) is 10.6 Å². The van der Waals surface area contributed by atoms with Crippen molar-refractivity contribution in [3.8, 4) is 0 Å². The van der Waals surface area contributed by atoms with Gasteiger partial charge in [-0.2, -0.15) is 0 Å². The van der Waals surface area contributed by atoms with Gasteiger partial charge in [0.05, 0.1) is 0 Å². The first kappa shape index (κ1) is 7.50. The summed E-state index contributed by atoms with van der Waals surface area (Å²) in [5, 5.41) is 6.24. The highest BCUT2D eigenvalue weighted by Gasteiger charge is 2.42. The zero-order chi connectivity index (χ0) is 7.73. The van der Waals surface area contributed by atoms with Crippen LogP contribution in [-0.4, -0.2) is 31.8 Å². The predicted molar refractivity (Wildman–Crippen MR) is 42.3 cm³/mol. The Balaban J connectivity index is 1.94. The highest BCUT2D eigenvalue weighted by atomic mass is 19.1. The molecule has 0 aromatic rings. The van der Waals surface area contributed by atoms with Gasteiger partial charge in [-0.3, -0.25) is 0 Å². The van der Waals surface area contributed by atoms with Crippen LogP contribution in [0.2, 0.25) is 0 Å². The average molecular weight is 158 g/mol. The van der Waals surface area contributed by atoms with Crippen molar-refractivity contribution in [2.24, 2.45) is 5.92 Å². The summed E-state index contributed by atoms with van der Waals surface area (Å²) in [5.74, 6) is 0.273. The Morgan fingerprint density at radius 3 is 2.55 bits per heavy atom. The summed E-state index contributed by atoms with van der Waals surface area (Å²) >= 11 is 0. The standard InChI is InChI=1S/C8H15FN2/c9-8(7-4-11-5-7)2-1-3-10-6-8/h7,10-11H,1-6H2. The summed E-state index contributed by atoms with van der Waals surface area (Å²) in [5.41, 5.74) is -0.899. The van der Waals surface area contributed by atoms with E-state index in [0.29, 0.717) is 6.54 Å². The number of hydrogen-bond acceptors (Lipinski definition) is 2. The molecule has 1 unspecified atom stereocenters. The van der Waals surface area contributed by atoms with Crippen LogP contribution >= 0.6 is 0 Å². The molecule has 2 nitrogen and oxygen atoms in total. The van der Waals surface area contributed by atoms with E-state index in [1.807, 2.05) is 0 Å². The minimum Gasteiger partial charge on any atom is -0.316 e. The first-order chi connectivity index (χ1) is 5.31. The molecule has 0 aromatic heterocycles. The molecule has 0 amide bonds. The molecular formula is C8H15FN2. The largest absolute Gasteiger partial charge is 0.316 e. The van der Waals surface area contributed by atoms with E-state index in [4.69, 9.17) is 0 Å². The van der Waals surface area contributed by atoms with Crippen molar-refractivity contribution in [1.82, 2.24) is 10.6 Å². The summed E-state index contributed by atoms with van der Waals surface area (Å²) in [6, 6.07) is 0. The smallest absolute Gasteiger partial charge is 0.128 e. The molecule has 11 heavy (non-hydrogen) atoms. The van der Waals surface area contributed by atoms with Gasteiger partial charge in [0.15, 0.2) is 0 Å². The molecule has 2 N–H and O–H groups in total. The second-order valence-corrected chi connectivity index (χ2v) is 3.67. The molecule has 0 aliphatic carbocycles. The lowest BCUT2D eigenvalue weighted by Crippen LogP contribution is -2.59. The molecule has 2 aliphatic heterocycles. The Hall–Kier alpha value is -0.150. The fourth-order valence-electron chi connectivity index (χ4n) is 1.89. The van der Waals surface area contributed by atoms with E-state index in [9.17, 15) is 4.39 Å². The monoisotopic (exact) mass is 158 g/mol. The third-order valence-corrected chi connectivity index (χ3v) is 2.88. The molecule has 3 heteroatoms. The fraction of sp³-hybridized carbons (Fsp3) is 1.00. The zero-order valence-electron chi connectivity index (χ0n) is 6.70. The lowest BCUT2D eigenvalue weighted by Gasteiger charge is -2.42. The van der Waals surface area contributed by atoms with Gasteiger partial charge < -0.3 is 10.6 Å². The maximum atomic E-state index is 13.9. The van der Waals surface area contributed by atoms with Crippen molar-refractivity contribution in [1.29, 1.82) is 0 Å². The number of nitrogens with one attached hydrogen (secondary N) is 2. The molecule has 0 aromatic carbocycles. The number of hydrogen-bond donors (Lipinski definition) is 2. The van der Waals surface area contributed by atoms with Crippen molar-refractivity contribution in [3.05, 3.63) is 0 Å². The predicted octanol–water partition coefficient (Wildman–Crippen LogP) is 0.297. The minimum atomic E-state index is -0.899.